The molecule has 0 aliphatic carbocycles. The third-order valence-corrected chi connectivity index (χ3v) is 2.72. The van der Waals surface area contributed by atoms with Gasteiger partial charge in [0.25, 0.3) is 0 Å². The third kappa shape index (κ3) is 5.93. The summed E-state index contributed by atoms with van der Waals surface area (Å²) in [6, 6.07) is 5.61. The van der Waals surface area contributed by atoms with E-state index in [0.717, 1.165) is 5.56 Å². The van der Waals surface area contributed by atoms with E-state index in [1.807, 2.05) is 18.2 Å². The van der Waals surface area contributed by atoms with Gasteiger partial charge in [-0.1, -0.05) is 19.9 Å². The number of ether oxygens (including phenoxy) is 1. The van der Waals surface area contributed by atoms with Crippen LogP contribution in [0.4, 0.5) is 5.69 Å². The maximum atomic E-state index is 11.4. The van der Waals surface area contributed by atoms with Crippen molar-refractivity contribution in [1.29, 1.82) is 0 Å². The van der Waals surface area contributed by atoms with E-state index in [9.17, 15) is 4.79 Å². The number of hydrogen-bond donors (Lipinski definition) is 3. The van der Waals surface area contributed by atoms with Crippen LogP contribution >= 0.6 is 0 Å². The van der Waals surface area contributed by atoms with Gasteiger partial charge in [0.05, 0.1) is 18.9 Å². The summed E-state index contributed by atoms with van der Waals surface area (Å²) in [5.74, 6) is 1.06. The molecule has 1 amide bonds. The number of amides is 1. The van der Waals surface area contributed by atoms with Crippen LogP contribution in [0.5, 0.6) is 5.75 Å². The largest absolute Gasteiger partial charge is 0.491 e. The first-order valence-corrected chi connectivity index (χ1v) is 6.91. The van der Waals surface area contributed by atoms with E-state index in [2.05, 4.69) is 19.2 Å². The van der Waals surface area contributed by atoms with Crippen LogP contribution in [0, 0.1) is 5.92 Å². The molecule has 1 aromatic rings. The smallest absolute Gasteiger partial charge is 0.220 e. The zero-order valence-electron chi connectivity index (χ0n) is 12.2. The molecule has 0 spiro atoms. The topological polar surface area (TPSA) is 84.6 Å². The number of carbonyl (C=O) groups is 1. The van der Waals surface area contributed by atoms with Crippen LogP contribution in [0.2, 0.25) is 0 Å². The minimum absolute atomic E-state index is 0.0411. The molecule has 112 valence electrons. The quantitative estimate of drug-likeness (QED) is 0.627. The van der Waals surface area contributed by atoms with Gasteiger partial charge in [-0.05, 0) is 30.0 Å². The molecule has 5 nitrogen and oxygen atoms in total. The molecule has 0 radical (unpaired) electrons. The fraction of sp³-hybridized carbons (Fsp3) is 0.533. The van der Waals surface area contributed by atoms with Crippen LogP contribution in [0.3, 0.4) is 0 Å². The van der Waals surface area contributed by atoms with Gasteiger partial charge in [0.1, 0.15) is 5.75 Å². The summed E-state index contributed by atoms with van der Waals surface area (Å²) in [6.45, 7) is 5.04. The fourth-order valence-electron chi connectivity index (χ4n) is 1.68. The van der Waals surface area contributed by atoms with Gasteiger partial charge in [0.15, 0.2) is 0 Å². The summed E-state index contributed by atoms with van der Waals surface area (Å²) in [4.78, 5) is 11.4. The predicted octanol–water partition coefficient (Wildman–Crippen LogP) is 1.34. The first kappa shape index (κ1) is 16.3. The molecule has 0 unspecified atom stereocenters. The van der Waals surface area contributed by atoms with E-state index in [0.29, 0.717) is 43.3 Å². The van der Waals surface area contributed by atoms with Crippen molar-refractivity contribution < 1.29 is 14.6 Å². The first-order valence-electron chi connectivity index (χ1n) is 6.91. The summed E-state index contributed by atoms with van der Waals surface area (Å²) in [6.07, 6.45) is 0.998. The van der Waals surface area contributed by atoms with E-state index in [-0.39, 0.29) is 12.5 Å². The Morgan fingerprint density at radius 1 is 1.45 bits per heavy atom. The number of benzene rings is 1. The molecule has 0 aliphatic rings. The minimum Gasteiger partial charge on any atom is -0.491 e. The van der Waals surface area contributed by atoms with Gasteiger partial charge < -0.3 is 20.9 Å². The van der Waals surface area contributed by atoms with Crippen LogP contribution < -0.4 is 15.8 Å². The van der Waals surface area contributed by atoms with Gasteiger partial charge in [0.2, 0.25) is 5.91 Å². The zero-order valence-corrected chi connectivity index (χ0v) is 12.2. The minimum atomic E-state index is -0.0715. The van der Waals surface area contributed by atoms with Crippen LogP contribution in [-0.2, 0) is 11.2 Å². The molecule has 0 fully saturated rings. The maximum Gasteiger partial charge on any atom is 0.220 e. The van der Waals surface area contributed by atoms with Crippen molar-refractivity contribution in [3.63, 3.8) is 0 Å². The number of nitrogens with one attached hydrogen (secondary N) is 1. The first-order chi connectivity index (χ1) is 9.52. The molecule has 1 aromatic carbocycles. The average Bonchev–Trinajstić information content (AvgIpc) is 2.41. The molecule has 20 heavy (non-hydrogen) atoms. The van der Waals surface area contributed by atoms with E-state index in [4.69, 9.17) is 15.6 Å². The number of nitrogens with two attached hydrogens (primary N) is 1. The molecule has 0 saturated carbocycles. The molecule has 4 N–H and O–H groups in total. The van der Waals surface area contributed by atoms with Crippen LogP contribution in [0.1, 0.15) is 25.8 Å². The number of rotatable bonds is 8. The highest BCUT2D eigenvalue weighted by atomic mass is 16.5. The summed E-state index contributed by atoms with van der Waals surface area (Å²) >= 11 is 0. The molecule has 0 heterocycles. The second-order valence-electron chi connectivity index (χ2n) is 5.15. The molecule has 0 aromatic heterocycles. The molecular formula is C15H24N2O3. The number of aryl methyl sites for hydroxylation is 1. The van der Waals surface area contributed by atoms with Gasteiger partial charge in [-0.15, -0.1) is 0 Å². The van der Waals surface area contributed by atoms with Crippen molar-refractivity contribution >= 4 is 11.6 Å². The van der Waals surface area contributed by atoms with E-state index in [1.165, 1.54) is 0 Å². The van der Waals surface area contributed by atoms with Crippen molar-refractivity contribution in [2.45, 2.75) is 26.7 Å². The monoisotopic (exact) mass is 280 g/mol. The number of aliphatic hydroxyl groups is 1. The number of carbonyl (C=O) groups excluding carboxylic acids is 1. The Balaban J connectivity index is 2.48. The summed E-state index contributed by atoms with van der Waals surface area (Å²) < 4.78 is 5.60. The Kier molecular flexibility index (Phi) is 6.87. The second-order valence-corrected chi connectivity index (χ2v) is 5.15. The number of nitrogen functional groups attached to an aromatic ring is 1. The highest BCUT2D eigenvalue weighted by Gasteiger charge is 2.06. The molecule has 0 atom stereocenters. The third-order valence-electron chi connectivity index (χ3n) is 2.72. The molecule has 0 saturated heterocycles. The number of hydrogen-bond acceptors (Lipinski definition) is 4. The maximum absolute atomic E-state index is 11.4. The van der Waals surface area contributed by atoms with Gasteiger partial charge in [0, 0.05) is 13.0 Å². The highest BCUT2D eigenvalue weighted by molar-refractivity contribution is 5.76. The van der Waals surface area contributed by atoms with Crippen molar-refractivity contribution in [3.05, 3.63) is 23.8 Å². The SMILES string of the molecule is CC(C)COc1ccc(CCC(=O)NCCO)cc1N. The van der Waals surface area contributed by atoms with Crippen molar-refractivity contribution in [1.82, 2.24) is 5.32 Å². The van der Waals surface area contributed by atoms with Crippen molar-refractivity contribution in [3.8, 4) is 5.75 Å². The summed E-state index contributed by atoms with van der Waals surface area (Å²) in [5, 5.41) is 11.2. The van der Waals surface area contributed by atoms with Gasteiger partial charge in [-0.2, -0.15) is 0 Å². The van der Waals surface area contributed by atoms with Crippen molar-refractivity contribution in [2.75, 3.05) is 25.5 Å². The van der Waals surface area contributed by atoms with Gasteiger partial charge in [-0.3, -0.25) is 4.79 Å². The molecule has 5 heteroatoms. The lowest BCUT2D eigenvalue weighted by Gasteiger charge is -2.12. The second kappa shape index (κ2) is 8.43. The Morgan fingerprint density at radius 3 is 2.80 bits per heavy atom. The molecule has 1 rings (SSSR count). The Morgan fingerprint density at radius 2 is 2.20 bits per heavy atom. The normalized spacial score (nSPS) is 10.6. The predicted molar refractivity (Wildman–Crippen MR) is 79.6 cm³/mol. The summed E-state index contributed by atoms with van der Waals surface area (Å²) in [7, 11) is 0. The van der Waals surface area contributed by atoms with Crippen LogP contribution in [0.25, 0.3) is 0 Å². The lowest BCUT2D eigenvalue weighted by molar-refractivity contribution is -0.121. The average molecular weight is 280 g/mol. The van der Waals surface area contributed by atoms with Gasteiger partial charge >= 0.3 is 0 Å². The number of anilines is 1. The van der Waals surface area contributed by atoms with Gasteiger partial charge in [-0.25, -0.2) is 0 Å². The zero-order chi connectivity index (χ0) is 15.0. The van der Waals surface area contributed by atoms with E-state index < -0.39 is 0 Å². The molecule has 0 bridgehead atoms. The Labute approximate surface area is 120 Å². The molecular weight excluding hydrogens is 256 g/mol. The Hall–Kier alpha value is -1.75. The van der Waals surface area contributed by atoms with Crippen LogP contribution in [0.15, 0.2) is 18.2 Å². The lowest BCUT2D eigenvalue weighted by atomic mass is 10.1. The summed E-state index contributed by atoms with van der Waals surface area (Å²) in [5.41, 5.74) is 7.53. The highest BCUT2D eigenvalue weighted by Crippen LogP contribution is 2.23. The fourth-order valence-corrected chi connectivity index (χ4v) is 1.68. The van der Waals surface area contributed by atoms with E-state index >= 15 is 0 Å². The Bertz CT molecular complexity index is 433. The molecule has 0 aliphatic heterocycles. The number of aliphatic hydroxyl groups excluding tert-OH is 1. The standard InChI is InChI=1S/C15H24N2O3/c1-11(2)10-20-14-5-3-12(9-13(14)16)4-6-15(19)17-7-8-18/h3,5,9,11,18H,4,6-8,10,16H2,1-2H3,(H,17,19). The van der Waals surface area contributed by atoms with E-state index in [1.54, 1.807) is 0 Å². The van der Waals surface area contributed by atoms with Crippen molar-refractivity contribution in [2.24, 2.45) is 5.92 Å². The van der Waals surface area contributed by atoms with Crippen LogP contribution in [-0.4, -0.2) is 30.8 Å². The lowest BCUT2D eigenvalue weighted by Crippen LogP contribution is -2.26.